The monoisotopic (exact) mass is 391 g/mol. The summed E-state index contributed by atoms with van der Waals surface area (Å²) in [5.74, 6) is 0.000989. The van der Waals surface area contributed by atoms with Gasteiger partial charge in [-0.05, 0) is 44.2 Å². The molecule has 26 heavy (non-hydrogen) atoms. The zero-order valence-corrected chi connectivity index (χ0v) is 16.1. The largest absolute Gasteiger partial charge is 0.618 e. The van der Waals surface area contributed by atoms with Gasteiger partial charge in [0.2, 0.25) is 0 Å². The van der Waals surface area contributed by atoms with E-state index >= 15 is 0 Å². The van der Waals surface area contributed by atoms with E-state index in [0.29, 0.717) is 31.5 Å². The van der Waals surface area contributed by atoms with Crippen LogP contribution in [0, 0.1) is 12.1 Å². The number of rotatable bonds is 5. The van der Waals surface area contributed by atoms with Gasteiger partial charge in [0.15, 0.2) is 6.20 Å². The molecule has 7 nitrogen and oxygen atoms in total. The number of pyridine rings is 1. The van der Waals surface area contributed by atoms with E-state index in [9.17, 15) is 14.8 Å². The Bertz CT molecular complexity index is 1030. The summed E-state index contributed by atoms with van der Waals surface area (Å²) >= 11 is 2.44. The Balaban J connectivity index is 1.99. The number of H-pyrrole nitrogens is 1. The number of aromatic nitrogens is 3. The van der Waals surface area contributed by atoms with Crippen LogP contribution in [0.1, 0.15) is 40.2 Å². The van der Waals surface area contributed by atoms with Crippen LogP contribution in [0.15, 0.2) is 34.2 Å². The van der Waals surface area contributed by atoms with Gasteiger partial charge in [-0.3, -0.25) is 4.79 Å². The minimum atomic E-state index is -0.451. The number of thiophene rings is 1. The number of fused-ring (bicyclic) bond motifs is 1. The van der Waals surface area contributed by atoms with Crippen molar-refractivity contribution in [3.05, 3.63) is 56.2 Å². The van der Waals surface area contributed by atoms with E-state index in [4.69, 9.17) is 4.74 Å². The second-order valence-corrected chi connectivity index (χ2v) is 7.89. The Morgan fingerprint density at radius 3 is 2.96 bits per heavy atom. The topological polar surface area (TPSA) is 99.0 Å². The molecule has 0 radical (unpaired) electrons. The van der Waals surface area contributed by atoms with Crippen LogP contribution in [-0.4, -0.2) is 22.5 Å². The molecular formula is C17H17N3O4S2. The molecule has 0 aliphatic rings. The van der Waals surface area contributed by atoms with E-state index in [1.54, 1.807) is 32.0 Å². The molecule has 1 N–H and O–H groups in total. The van der Waals surface area contributed by atoms with Crippen LogP contribution in [-0.2, 0) is 4.74 Å². The lowest BCUT2D eigenvalue weighted by Gasteiger charge is -2.10. The second kappa shape index (κ2) is 7.46. The first-order valence-corrected chi connectivity index (χ1v) is 9.67. The first kappa shape index (κ1) is 18.4. The SMILES string of the molecule is CCOC(=O)c1sc2nc([C@H](C)Sc3cccc[n+]3[O-])[nH]c(=O)c2c1C. The molecule has 0 spiro atoms. The number of thioether (sulfide) groups is 1. The second-order valence-electron chi connectivity index (χ2n) is 5.53. The zero-order valence-electron chi connectivity index (χ0n) is 14.4. The van der Waals surface area contributed by atoms with Gasteiger partial charge in [0, 0.05) is 12.1 Å². The summed E-state index contributed by atoms with van der Waals surface area (Å²) in [6.07, 6.45) is 1.42. The zero-order chi connectivity index (χ0) is 18.8. The highest BCUT2D eigenvalue weighted by molar-refractivity contribution is 7.99. The van der Waals surface area contributed by atoms with E-state index in [-0.39, 0.29) is 17.4 Å². The van der Waals surface area contributed by atoms with Crippen molar-refractivity contribution in [1.29, 1.82) is 0 Å². The Morgan fingerprint density at radius 2 is 2.27 bits per heavy atom. The van der Waals surface area contributed by atoms with Crippen molar-refractivity contribution < 1.29 is 14.3 Å². The number of hydrogen-bond acceptors (Lipinski definition) is 7. The van der Waals surface area contributed by atoms with Crippen LogP contribution in [0.3, 0.4) is 0 Å². The van der Waals surface area contributed by atoms with Crippen molar-refractivity contribution in [3.8, 4) is 0 Å². The summed E-state index contributed by atoms with van der Waals surface area (Å²) in [4.78, 5) is 32.7. The number of aryl methyl sites for hydroxylation is 1. The molecule has 9 heteroatoms. The Morgan fingerprint density at radius 1 is 1.50 bits per heavy atom. The molecule has 0 aliphatic carbocycles. The normalized spacial score (nSPS) is 12.3. The fourth-order valence-corrected chi connectivity index (χ4v) is 4.48. The van der Waals surface area contributed by atoms with E-state index in [1.165, 1.54) is 18.0 Å². The first-order chi connectivity index (χ1) is 12.4. The van der Waals surface area contributed by atoms with Gasteiger partial charge < -0.3 is 14.9 Å². The molecule has 0 amide bonds. The lowest BCUT2D eigenvalue weighted by atomic mass is 10.2. The van der Waals surface area contributed by atoms with Crippen LogP contribution < -0.4 is 10.3 Å². The van der Waals surface area contributed by atoms with E-state index in [0.717, 1.165) is 16.1 Å². The highest BCUT2D eigenvalue weighted by Gasteiger charge is 2.22. The lowest BCUT2D eigenvalue weighted by molar-refractivity contribution is -0.645. The van der Waals surface area contributed by atoms with Gasteiger partial charge in [0.05, 0.1) is 17.2 Å². The molecule has 0 saturated carbocycles. The molecule has 1 atom stereocenters. The van der Waals surface area contributed by atoms with Gasteiger partial charge in [-0.15, -0.1) is 11.3 Å². The number of carbonyl (C=O) groups excluding carboxylic acids is 1. The van der Waals surface area contributed by atoms with E-state index in [2.05, 4.69) is 9.97 Å². The average Bonchev–Trinajstić information content (AvgIpc) is 2.94. The summed E-state index contributed by atoms with van der Waals surface area (Å²) in [5, 5.41) is 12.5. The summed E-state index contributed by atoms with van der Waals surface area (Å²) in [5.41, 5.74) is 0.273. The minimum absolute atomic E-state index is 0.247. The number of carbonyl (C=O) groups is 1. The Hall–Kier alpha value is -2.39. The van der Waals surface area contributed by atoms with Crippen molar-refractivity contribution in [2.24, 2.45) is 0 Å². The Kier molecular flexibility index (Phi) is 5.28. The van der Waals surface area contributed by atoms with Crippen molar-refractivity contribution in [1.82, 2.24) is 9.97 Å². The number of ether oxygens (including phenoxy) is 1. The Labute approximate surface area is 157 Å². The maximum atomic E-state index is 12.5. The predicted molar refractivity (Wildman–Crippen MR) is 101 cm³/mol. The van der Waals surface area contributed by atoms with Gasteiger partial charge in [0.1, 0.15) is 15.5 Å². The van der Waals surface area contributed by atoms with Crippen molar-refractivity contribution in [2.75, 3.05) is 6.61 Å². The highest BCUT2D eigenvalue weighted by Crippen LogP contribution is 2.33. The number of hydrogen-bond donors (Lipinski definition) is 1. The third-order valence-electron chi connectivity index (χ3n) is 3.75. The molecule has 3 rings (SSSR count). The molecule has 136 valence electrons. The van der Waals surface area contributed by atoms with Crippen LogP contribution in [0.2, 0.25) is 0 Å². The van der Waals surface area contributed by atoms with E-state index in [1.807, 2.05) is 6.92 Å². The molecule has 0 aliphatic heterocycles. The lowest BCUT2D eigenvalue weighted by Crippen LogP contribution is -2.28. The van der Waals surface area contributed by atoms with Crippen molar-refractivity contribution >= 4 is 39.3 Å². The van der Waals surface area contributed by atoms with Crippen LogP contribution in [0.4, 0.5) is 0 Å². The number of aromatic amines is 1. The summed E-state index contributed by atoms with van der Waals surface area (Å²) in [6.45, 7) is 5.56. The minimum Gasteiger partial charge on any atom is -0.618 e. The predicted octanol–water partition coefficient (Wildman–Crippen LogP) is 2.96. The van der Waals surface area contributed by atoms with E-state index < -0.39 is 5.97 Å². The van der Waals surface area contributed by atoms with Gasteiger partial charge in [-0.25, -0.2) is 9.78 Å². The number of esters is 1. The smallest absolute Gasteiger partial charge is 0.348 e. The molecule has 0 aromatic carbocycles. The van der Waals surface area contributed by atoms with Crippen LogP contribution >= 0.6 is 23.1 Å². The number of nitrogens with zero attached hydrogens (tertiary/aromatic N) is 2. The summed E-state index contributed by atoms with van der Waals surface area (Å²) in [6, 6.07) is 5.13. The van der Waals surface area contributed by atoms with Gasteiger partial charge in [0.25, 0.3) is 10.6 Å². The van der Waals surface area contributed by atoms with Gasteiger partial charge >= 0.3 is 5.97 Å². The summed E-state index contributed by atoms with van der Waals surface area (Å²) < 4.78 is 5.81. The maximum absolute atomic E-state index is 12.5. The molecule has 0 bridgehead atoms. The fourth-order valence-electron chi connectivity index (χ4n) is 2.49. The molecule has 0 unspecified atom stereocenters. The van der Waals surface area contributed by atoms with Crippen LogP contribution in [0.5, 0.6) is 0 Å². The molecule has 3 aromatic rings. The van der Waals surface area contributed by atoms with Crippen LogP contribution in [0.25, 0.3) is 10.2 Å². The molecular weight excluding hydrogens is 374 g/mol. The quantitative estimate of drug-likeness (QED) is 0.311. The average molecular weight is 391 g/mol. The summed E-state index contributed by atoms with van der Waals surface area (Å²) in [7, 11) is 0. The van der Waals surface area contributed by atoms with Crippen molar-refractivity contribution in [3.63, 3.8) is 0 Å². The molecule has 0 saturated heterocycles. The molecule has 3 heterocycles. The highest BCUT2D eigenvalue weighted by atomic mass is 32.2. The van der Waals surface area contributed by atoms with Crippen molar-refractivity contribution in [2.45, 2.75) is 31.0 Å². The third-order valence-corrected chi connectivity index (χ3v) is 6.05. The molecule has 0 fully saturated rings. The van der Waals surface area contributed by atoms with Gasteiger partial charge in [-0.1, -0.05) is 0 Å². The number of nitrogens with one attached hydrogen (secondary N) is 1. The standard InChI is InChI=1S/C17H17N3O4S2/c1-4-24-17(22)13-9(2)12-15(21)18-14(19-16(12)26-13)10(3)25-11-7-5-6-8-20(11)23/h5-8,10H,4H2,1-3H3,(H,18,19,21)/t10-/m0/s1. The maximum Gasteiger partial charge on any atom is 0.348 e. The third kappa shape index (κ3) is 3.45. The first-order valence-electron chi connectivity index (χ1n) is 7.97. The molecule has 3 aromatic heterocycles. The van der Waals surface area contributed by atoms with Gasteiger partial charge in [-0.2, -0.15) is 4.73 Å². The fraction of sp³-hybridized carbons (Fsp3) is 0.294.